The minimum absolute atomic E-state index is 0.0392. The van der Waals surface area contributed by atoms with E-state index in [0.717, 1.165) is 23.9 Å². The Morgan fingerprint density at radius 1 is 1.62 bits per heavy atom. The number of hydrogen-bond acceptors (Lipinski definition) is 3. The third-order valence-electron chi connectivity index (χ3n) is 2.71. The van der Waals surface area contributed by atoms with Crippen LogP contribution in [-0.4, -0.2) is 34.9 Å². The predicted octanol–water partition coefficient (Wildman–Crippen LogP) is 1.41. The first kappa shape index (κ1) is 11.5. The van der Waals surface area contributed by atoms with Crippen LogP contribution in [-0.2, 0) is 0 Å². The second kappa shape index (κ2) is 4.93. The number of likely N-dealkylation sites (tertiary alicyclic amines) is 1. The fourth-order valence-corrected chi connectivity index (χ4v) is 2.31. The van der Waals surface area contributed by atoms with Crippen molar-refractivity contribution in [3.8, 4) is 0 Å². The molecule has 1 aliphatic rings. The molecule has 2 N–H and O–H groups in total. The smallest absolute Gasteiger partial charge is 0.273 e. The summed E-state index contributed by atoms with van der Waals surface area (Å²) in [5, 5.41) is 0. The van der Waals surface area contributed by atoms with Crippen LogP contribution in [0.15, 0.2) is 22.8 Å². The molecule has 4 nitrogen and oxygen atoms in total. The van der Waals surface area contributed by atoms with Crippen molar-refractivity contribution in [3.63, 3.8) is 0 Å². The van der Waals surface area contributed by atoms with Gasteiger partial charge in [0.1, 0.15) is 5.69 Å². The van der Waals surface area contributed by atoms with Crippen LogP contribution in [0, 0.1) is 0 Å². The summed E-state index contributed by atoms with van der Waals surface area (Å²) in [7, 11) is 0. The highest BCUT2D eigenvalue weighted by atomic mass is 79.9. The van der Waals surface area contributed by atoms with E-state index in [1.54, 1.807) is 17.2 Å². The molecule has 86 valence electrons. The van der Waals surface area contributed by atoms with Crippen LogP contribution in [0.3, 0.4) is 0 Å². The molecule has 5 heteroatoms. The molecule has 0 aromatic carbocycles. The van der Waals surface area contributed by atoms with Crippen molar-refractivity contribution in [1.82, 2.24) is 9.88 Å². The van der Waals surface area contributed by atoms with Gasteiger partial charge in [0, 0.05) is 29.8 Å². The van der Waals surface area contributed by atoms with E-state index in [4.69, 9.17) is 5.73 Å². The third kappa shape index (κ3) is 2.41. The van der Waals surface area contributed by atoms with Crippen molar-refractivity contribution < 1.29 is 4.79 Å². The van der Waals surface area contributed by atoms with Crippen LogP contribution in [0.4, 0.5) is 0 Å². The first-order valence-electron chi connectivity index (χ1n) is 5.34. The minimum atomic E-state index is -0.0392. The Labute approximate surface area is 103 Å². The van der Waals surface area contributed by atoms with Gasteiger partial charge in [0.15, 0.2) is 0 Å². The molecule has 1 atom stereocenters. The zero-order valence-electron chi connectivity index (χ0n) is 8.90. The summed E-state index contributed by atoms with van der Waals surface area (Å²) in [5.41, 5.74) is 6.32. The van der Waals surface area contributed by atoms with Gasteiger partial charge in [0.2, 0.25) is 0 Å². The molecule has 2 rings (SSSR count). The first-order chi connectivity index (χ1) is 7.68. The maximum atomic E-state index is 12.1. The average Bonchev–Trinajstić information content (AvgIpc) is 2.29. The second-order valence-electron chi connectivity index (χ2n) is 3.99. The van der Waals surface area contributed by atoms with E-state index in [1.807, 2.05) is 6.07 Å². The fraction of sp³-hybridized carbons (Fsp3) is 0.455. The van der Waals surface area contributed by atoms with E-state index in [-0.39, 0.29) is 11.9 Å². The molecular formula is C11H14BrN3O. The van der Waals surface area contributed by atoms with Gasteiger partial charge in [-0.15, -0.1) is 0 Å². The molecule has 1 amide bonds. The molecule has 0 spiro atoms. The first-order valence-corrected chi connectivity index (χ1v) is 6.13. The zero-order chi connectivity index (χ0) is 11.5. The quantitative estimate of drug-likeness (QED) is 0.848. The van der Waals surface area contributed by atoms with Crippen LogP contribution < -0.4 is 5.73 Å². The fourth-order valence-electron chi connectivity index (χ4n) is 1.89. The number of hydrogen-bond donors (Lipinski definition) is 1. The molecule has 1 fully saturated rings. The Balaban J connectivity index is 2.16. The highest BCUT2D eigenvalue weighted by molar-refractivity contribution is 9.10. The van der Waals surface area contributed by atoms with Crippen LogP contribution in [0.5, 0.6) is 0 Å². The monoisotopic (exact) mass is 283 g/mol. The number of carbonyl (C=O) groups excluding carboxylic acids is 1. The van der Waals surface area contributed by atoms with Gasteiger partial charge in [-0.1, -0.05) is 0 Å². The van der Waals surface area contributed by atoms with Gasteiger partial charge in [-0.25, -0.2) is 4.98 Å². The molecule has 1 aromatic rings. The normalized spacial score (nSPS) is 20.9. The maximum Gasteiger partial charge on any atom is 0.273 e. The van der Waals surface area contributed by atoms with E-state index in [2.05, 4.69) is 20.9 Å². The largest absolute Gasteiger partial charge is 0.336 e. The van der Waals surface area contributed by atoms with Crippen molar-refractivity contribution in [3.05, 3.63) is 28.5 Å². The average molecular weight is 284 g/mol. The molecular weight excluding hydrogens is 270 g/mol. The lowest BCUT2D eigenvalue weighted by Crippen LogP contribution is -2.46. The molecule has 1 saturated heterocycles. The van der Waals surface area contributed by atoms with E-state index in [9.17, 15) is 4.79 Å². The van der Waals surface area contributed by atoms with Gasteiger partial charge in [-0.3, -0.25) is 4.79 Å². The standard InChI is InChI=1S/C11H14BrN3O/c12-9-4-1-5-14-10(9)11(16)15-6-2-3-8(13)7-15/h1,4-5,8H,2-3,6-7,13H2. The van der Waals surface area contributed by atoms with Crippen LogP contribution in [0.1, 0.15) is 23.3 Å². The van der Waals surface area contributed by atoms with Crippen molar-refractivity contribution in [2.75, 3.05) is 13.1 Å². The second-order valence-corrected chi connectivity index (χ2v) is 4.84. The number of pyridine rings is 1. The lowest BCUT2D eigenvalue weighted by molar-refractivity contribution is 0.0702. The van der Waals surface area contributed by atoms with E-state index in [1.165, 1.54) is 0 Å². The van der Waals surface area contributed by atoms with Gasteiger partial charge < -0.3 is 10.6 Å². The Morgan fingerprint density at radius 3 is 3.12 bits per heavy atom. The lowest BCUT2D eigenvalue weighted by atomic mass is 10.1. The number of nitrogens with zero attached hydrogens (tertiary/aromatic N) is 2. The SMILES string of the molecule is NC1CCCN(C(=O)c2ncccc2Br)C1. The lowest BCUT2D eigenvalue weighted by Gasteiger charge is -2.30. The number of piperidine rings is 1. The molecule has 2 heterocycles. The highest BCUT2D eigenvalue weighted by Gasteiger charge is 2.24. The molecule has 0 aliphatic carbocycles. The Hall–Kier alpha value is -0.940. The number of rotatable bonds is 1. The van der Waals surface area contributed by atoms with Crippen molar-refractivity contribution >= 4 is 21.8 Å². The molecule has 1 aromatic heterocycles. The highest BCUT2D eigenvalue weighted by Crippen LogP contribution is 2.17. The number of nitrogens with two attached hydrogens (primary N) is 1. The summed E-state index contributed by atoms with van der Waals surface area (Å²) in [4.78, 5) is 18.0. The minimum Gasteiger partial charge on any atom is -0.336 e. The molecule has 1 unspecified atom stereocenters. The number of halogens is 1. The molecule has 16 heavy (non-hydrogen) atoms. The Morgan fingerprint density at radius 2 is 2.44 bits per heavy atom. The van der Waals surface area contributed by atoms with E-state index in [0.29, 0.717) is 12.2 Å². The Kier molecular flexibility index (Phi) is 3.56. The summed E-state index contributed by atoms with van der Waals surface area (Å²) >= 11 is 3.34. The topological polar surface area (TPSA) is 59.2 Å². The molecule has 0 bridgehead atoms. The van der Waals surface area contributed by atoms with Gasteiger partial charge >= 0.3 is 0 Å². The summed E-state index contributed by atoms with van der Waals surface area (Å²) < 4.78 is 0.735. The van der Waals surface area contributed by atoms with Gasteiger partial charge in [0.05, 0.1) is 0 Å². The predicted molar refractivity (Wildman–Crippen MR) is 65.0 cm³/mol. The summed E-state index contributed by atoms with van der Waals surface area (Å²) in [6.45, 7) is 1.40. The van der Waals surface area contributed by atoms with Crippen molar-refractivity contribution in [2.45, 2.75) is 18.9 Å². The number of aromatic nitrogens is 1. The Bertz CT molecular complexity index is 397. The van der Waals surface area contributed by atoms with E-state index < -0.39 is 0 Å². The van der Waals surface area contributed by atoms with Crippen LogP contribution >= 0.6 is 15.9 Å². The molecule has 1 aliphatic heterocycles. The van der Waals surface area contributed by atoms with Crippen molar-refractivity contribution in [1.29, 1.82) is 0 Å². The zero-order valence-corrected chi connectivity index (χ0v) is 10.5. The van der Waals surface area contributed by atoms with Crippen LogP contribution in [0.2, 0.25) is 0 Å². The van der Waals surface area contributed by atoms with Gasteiger partial charge in [-0.2, -0.15) is 0 Å². The number of amides is 1. The summed E-state index contributed by atoms with van der Waals surface area (Å²) in [6, 6.07) is 3.72. The summed E-state index contributed by atoms with van der Waals surface area (Å²) in [5.74, 6) is -0.0392. The third-order valence-corrected chi connectivity index (χ3v) is 3.35. The van der Waals surface area contributed by atoms with E-state index >= 15 is 0 Å². The van der Waals surface area contributed by atoms with Gasteiger partial charge in [0.25, 0.3) is 5.91 Å². The van der Waals surface area contributed by atoms with Gasteiger partial charge in [-0.05, 0) is 40.9 Å². The number of carbonyl (C=O) groups is 1. The molecule has 0 saturated carbocycles. The van der Waals surface area contributed by atoms with Crippen LogP contribution in [0.25, 0.3) is 0 Å². The molecule has 0 radical (unpaired) electrons. The summed E-state index contributed by atoms with van der Waals surface area (Å²) in [6.07, 6.45) is 3.59. The van der Waals surface area contributed by atoms with Crippen molar-refractivity contribution in [2.24, 2.45) is 5.73 Å². The maximum absolute atomic E-state index is 12.1.